The van der Waals surface area contributed by atoms with Gasteiger partial charge in [0.15, 0.2) is 5.69 Å². The molecule has 33 heavy (non-hydrogen) atoms. The van der Waals surface area contributed by atoms with E-state index in [1.165, 1.54) is 21.7 Å². The standard InChI is InChI=1S/C23H22Cl2FN5O2/c1-3-18(26)10-16(24)9-15(2)21-12-20(23(33)30-8-7-28-22(32)14-30)29-31(21)19-5-4-6-27-13-17(25)11-19/h4,6,9-12H,2-3,7-8,13-14H2,1H3,(H,28,32)/b16-9+,17-11+,18-10+,27-6?. The molecule has 0 atom stereocenters. The molecule has 1 aromatic heterocycles. The van der Waals surface area contributed by atoms with E-state index in [1.807, 2.05) is 0 Å². The Balaban J connectivity index is 2.07. The van der Waals surface area contributed by atoms with E-state index < -0.39 is 5.91 Å². The zero-order valence-electron chi connectivity index (χ0n) is 17.9. The Morgan fingerprint density at radius 3 is 2.94 bits per heavy atom. The van der Waals surface area contributed by atoms with Crippen LogP contribution in [0.25, 0.3) is 11.3 Å². The van der Waals surface area contributed by atoms with Crippen molar-refractivity contribution < 1.29 is 14.0 Å². The highest BCUT2D eigenvalue weighted by Gasteiger charge is 2.26. The fraction of sp³-hybridized carbons (Fsp3) is 0.261. The van der Waals surface area contributed by atoms with Gasteiger partial charge in [0, 0.05) is 35.4 Å². The maximum atomic E-state index is 13.6. The number of halogens is 3. The van der Waals surface area contributed by atoms with Gasteiger partial charge in [-0.3, -0.25) is 14.6 Å². The Kier molecular flexibility index (Phi) is 8.22. The molecule has 1 saturated heterocycles. The van der Waals surface area contributed by atoms with Crippen molar-refractivity contribution in [3.63, 3.8) is 0 Å². The number of hydrogen-bond donors (Lipinski definition) is 1. The van der Waals surface area contributed by atoms with Gasteiger partial charge in [-0.1, -0.05) is 42.4 Å². The van der Waals surface area contributed by atoms with Crippen molar-refractivity contribution in [1.29, 1.82) is 0 Å². The van der Waals surface area contributed by atoms with Gasteiger partial charge in [0.2, 0.25) is 5.91 Å². The van der Waals surface area contributed by atoms with E-state index in [-0.39, 0.29) is 42.0 Å². The fourth-order valence-electron chi connectivity index (χ4n) is 3.08. The van der Waals surface area contributed by atoms with Crippen LogP contribution in [0.4, 0.5) is 4.39 Å². The molecule has 7 nitrogen and oxygen atoms in total. The molecule has 0 aliphatic carbocycles. The Morgan fingerprint density at radius 2 is 2.21 bits per heavy atom. The molecule has 1 aromatic rings. The summed E-state index contributed by atoms with van der Waals surface area (Å²) in [5.74, 6) is -1.02. The largest absolute Gasteiger partial charge is 0.353 e. The molecular formula is C23H22Cl2FN5O2. The zero-order valence-corrected chi connectivity index (χ0v) is 19.5. The van der Waals surface area contributed by atoms with Crippen molar-refractivity contribution in [2.24, 2.45) is 4.99 Å². The van der Waals surface area contributed by atoms with Crippen LogP contribution >= 0.6 is 23.2 Å². The SMILES string of the molecule is C=C(/C=C(Cl)\C=C(\F)CC)c1cc(C(=O)N2CCNC(=O)C2)nn1C1=C=CC=NC/C(Cl)=C\1. The first-order valence-electron chi connectivity index (χ1n) is 10.2. The first-order chi connectivity index (χ1) is 15.8. The second kappa shape index (κ2) is 11.1. The normalized spacial score (nSPS) is 18.8. The average Bonchev–Trinajstić information content (AvgIpc) is 3.21. The van der Waals surface area contributed by atoms with Crippen LogP contribution in [0.5, 0.6) is 0 Å². The second-order valence-electron chi connectivity index (χ2n) is 7.18. The van der Waals surface area contributed by atoms with Crippen LogP contribution in [0.2, 0.25) is 0 Å². The first-order valence-corrected chi connectivity index (χ1v) is 10.9. The van der Waals surface area contributed by atoms with Crippen molar-refractivity contribution in [2.75, 3.05) is 26.2 Å². The van der Waals surface area contributed by atoms with Crippen LogP contribution in [0.15, 0.2) is 63.6 Å². The molecule has 0 aromatic carbocycles. The summed E-state index contributed by atoms with van der Waals surface area (Å²) in [6.07, 6.45) is 7.67. The van der Waals surface area contributed by atoms with Crippen molar-refractivity contribution >= 4 is 52.5 Å². The van der Waals surface area contributed by atoms with Crippen molar-refractivity contribution in [1.82, 2.24) is 20.0 Å². The second-order valence-corrected chi connectivity index (χ2v) is 8.10. The topological polar surface area (TPSA) is 79.6 Å². The number of allylic oxidation sites excluding steroid dienone is 7. The molecule has 3 heterocycles. The summed E-state index contributed by atoms with van der Waals surface area (Å²) >= 11 is 12.4. The number of amides is 2. The highest BCUT2D eigenvalue weighted by Crippen LogP contribution is 2.25. The van der Waals surface area contributed by atoms with E-state index in [0.717, 1.165) is 0 Å². The number of piperazine rings is 1. The van der Waals surface area contributed by atoms with E-state index in [1.54, 1.807) is 31.4 Å². The molecule has 10 heteroatoms. The minimum Gasteiger partial charge on any atom is -0.353 e. The fourth-order valence-corrected chi connectivity index (χ4v) is 3.50. The number of hydrogen-bond acceptors (Lipinski definition) is 4. The van der Waals surface area contributed by atoms with Gasteiger partial charge in [-0.15, -0.1) is 0 Å². The van der Waals surface area contributed by atoms with Gasteiger partial charge in [-0.2, -0.15) is 5.10 Å². The third kappa shape index (κ3) is 6.42. The minimum atomic E-state index is -0.406. The molecule has 172 valence electrons. The summed E-state index contributed by atoms with van der Waals surface area (Å²) in [4.78, 5) is 30.3. The summed E-state index contributed by atoms with van der Waals surface area (Å²) < 4.78 is 15.1. The molecule has 1 N–H and O–H groups in total. The van der Waals surface area contributed by atoms with Gasteiger partial charge in [-0.25, -0.2) is 9.07 Å². The third-order valence-corrected chi connectivity index (χ3v) is 5.15. The Hall–Kier alpha value is -3.19. The maximum Gasteiger partial charge on any atom is 0.274 e. The quantitative estimate of drug-likeness (QED) is 0.483. The van der Waals surface area contributed by atoms with Crippen LogP contribution in [0, 0.1) is 0 Å². The number of aliphatic imine (C=N–C) groups is 1. The summed E-state index contributed by atoms with van der Waals surface area (Å²) in [6.45, 7) is 6.65. The van der Waals surface area contributed by atoms with Gasteiger partial charge in [-0.05, 0) is 36.3 Å². The van der Waals surface area contributed by atoms with Crippen molar-refractivity contribution in [2.45, 2.75) is 13.3 Å². The molecule has 2 aliphatic rings. The summed E-state index contributed by atoms with van der Waals surface area (Å²) in [7, 11) is 0. The number of carbonyl (C=O) groups excluding carboxylic acids is 2. The van der Waals surface area contributed by atoms with E-state index in [2.05, 4.69) is 27.7 Å². The lowest BCUT2D eigenvalue weighted by Gasteiger charge is -2.25. The van der Waals surface area contributed by atoms with Gasteiger partial charge in [0.05, 0.1) is 18.8 Å². The molecule has 0 bridgehead atoms. The van der Waals surface area contributed by atoms with Gasteiger partial charge >= 0.3 is 0 Å². The number of rotatable bonds is 6. The molecule has 0 spiro atoms. The predicted octanol–water partition coefficient (Wildman–Crippen LogP) is 4.06. The van der Waals surface area contributed by atoms with Crippen molar-refractivity contribution in [3.8, 4) is 0 Å². The summed E-state index contributed by atoms with van der Waals surface area (Å²) in [6, 6.07) is 1.54. The number of aromatic nitrogens is 2. The number of nitrogens with zero attached hydrogens (tertiary/aromatic N) is 4. The molecule has 0 unspecified atom stereocenters. The lowest BCUT2D eigenvalue weighted by Crippen LogP contribution is -2.50. The lowest BCUT2D eigenvalue weighted by molar-refractivity contribution is -0.123. The van der Waals surface area contributed by atoms with Gasteiger partial charge in [0.25, 0.3) is 5.91 Å². The van der Waals surface area contributed by atoms with Crippen molar-refractivity contribution in [3.05, 3.63) is 70.0 Å². The maximum absolute atomic E-state index is 13.6. The molecule has 2 aliphatic heterocycles. The zero-order chi connectivity index (χ0) is 24.0. The number of carbonyl (C=O) groups is 2. The Morgan fingerprint density at radius 1 is 1.42 bits per heavy atom. The monoisotopic (exact) mass is 489 g/mol. The van der Waals surface area contributed by atoms with Crippen LogP contribution in [-0.2, 0) is 4.79 Å². The molecule has 0 radical (unpaired) electrons. The first kappa shape index (κ1) is 24.5. The smallest absolute Gasteiger partial charge is 0.274 e. The van der Waals surface area contributed by atoms with E-state index in [0.29, 0.717) is 35.1 Å². The molecular weight excluding hydrogens is 468 g/mol. The van der Waals surface area contributed by atoms with Crippen LogP contribution in [-0.4, -0.2) is 58.9 Å². The molecule has 3 rings (SSSR count). The highest BCUT2D eigenvalue weighted by molar-refractivity contribution is 6.32. The van der Waals surface area contributed by atoms with E-state index in [9.17, 15) is 14.0 Å². The average molecular weight is 490 g/mol. The summed E-state index contributed by atoms with van der Waals surface area (Å²) in [5.41, 5.74) is 4.39. The molecule has 1 fully saturated rings. The lowest BCUT2D eigenvalue weighted by atomic mass is 10.1. The van der Waals surface area contributed by atoms with E-state index >= 15 is 0 Å². The number of nitrogens with one attached hydrogen (secondary N) is 1. The van der Waals surface area contributed by atoms with Crippen LogP contribution < -0.4 is 5.32 Å². The third-order valence-electron chi connectivity index (χ3n) is 4.70. The van der Waals surface area contributed by atoms with Gasteiger partial charge < -0.3 is 10.2 Å². The highest BCUT2D eigenvalue weighted by atomic mass is 35.5. The molecule has 0 saturated carbocycles. The Bertz CT molecular complexity index is 1170. The Labute approximate surface area is 200 Å². The van der Waals surface area contributed by atoms with Crippen LogP contribution in [0.3, 0.4) is 0 Å². The minimum absolute atomic E-state index is 0.0560. The summed E-state index contributed by atoms with van der Waals surface area (Å²) in [5, 5.41) is 7.71. The van der Waals surface area contributed by atoms with Gasteiger partial charge in [0.1, 0.15) is 11.5 Å². The van der Waals surface area contributed by atoms with Crippen LogP contribution in [0.1, 0.15) is 29.5 Å². The van der Waals surface area contributed by atoms with E-state index in [4.69, 9.17) is 23.2 Å². The molecule has 2 amide bonds. The predicted molar refractivity (Wildman–Crippen MR) is 129 cm³/mol.